The summed E-state index contributed by atoms with van der Waals surface area (Å²) in [5.74, 6) is 8.27. The Morgan fingerprint density at radius 3 is 2.27 bits per heavy atom. The van der Waals surface area contributed by atoms with E-state index in [0.717, 1.165) is 0 Å². The fourth-order valence-corrected chi connectivity index (χ4v) is 1.39. The van der Waals surface area contributed by atoms with Crippen molar-refractivity contribution in [1.82, 2.24) is 0 Å². The molecule has 0 spiro atoms. The van der Waals surface area contributed by atoms with E-state index in [0.29, 0.717) is 5.92 Å². The van der Waals surface area contributed by atoms with Crippen LogP contribution in [0.2, 0.25) is 0 Å². The molecule has 0 bridgehead atoms. The second-order valence-corrected chi connectivity index (χ2v) is 2.73. The molecule has 62 valence electrons. The van der Waals surface area contributed by atoms with Crippen LogP contribution in [0, 0.1) is 30.1 Å². The van der Waals surface area contributed by atoms with Crippen molar-refractivity contribution >= 4 is 0 Å². The predicted octanol–water partition coefficient (Wildman–Crippen LogP) is 2.16. The van der Waals surface area contributed by atoms with Gasteiger partial charge in [-0.25, -0.2) is 5.92 Å². The number of rotatable bonds is 0. The molecular formula is C10H11Ag. The molecule has 1 rings (SSSR count). The Labute approximate surface area is 84.6 Å². The van der Waals surface area contributed by atoms with E-state index in [-0.39, 0.29) is 22.4 Å². The van der Waals surface area contributed by atoms with Crippen molar-refractivity contribution in [2.24, 2.45) is 5.92 Å². The topological polar surface area (TPSA) is 0 Å². The van der Waals surface area contributed by atoms with E-state index >= 15 is 0 Å². The zero-order valence-electron chi connectivity index (χ0n) is 6.41. The van der Waals surface area contributed by atoms with Crippen LogP contribution < -0.4 is 0 Å². The summed E-state index contributed by atoms with van der Waals surface area (Å²) in [6, 6.07) is 0. The fourth-order valence-electron chi connectivity index (χ4n) is 1.39. The molecule has 11 heavy (non-hydrogen) atoms. The van der Waals surface area contributed by atoms with Crippen molar-refractivity contribution in [3.05, 3.63) is 6.42 Å². The molecule has 1 heteroatoms. The summed E-state index contributed by atoms with van der Waals surface area (Å²) in [5.41, 5.74) is 0. The zero-order valence-corrected chi connectivity index (χ0v) is 7.90. The Kier molecular flexibility index (Phi) is 6.48. The van der Waals surface area contributed by atoms with Crippen molar-refractivity contribution in [3.63, 3.8) is 0 Å². The third-order valence-electron chi connectivity index (χ3n) is 1.94. The van der Waals surface area contributed by atoms with Gasteiger partial charge in [0.15, 0.2) is 0 Å². The molecule has 0 aromatic carbocycles. The molecule has 0 amide bonds. The maximum absolute atomic E-state index is 6.60. The summed E-state index contributed by atoms with van der Waals surface area (Å²) in [5, 5.41) is 0. The molecule has 0 heterocycles. The summed E-state index contributed by atoms with van der Waals surface area (Å²) < 4.78 is 0. The summed E-state index contributed by atoms with van der Waals surface area (Å²) in [6.07, 6.45) is 13.1. The smallest absolute Gasteiger partial charge is 0.358 e. The summed E-state index contributed by atoms with van der Waals surface area (Å²) >= 11 is 0. The van der Waals surface area contributed by atoms with Crippen LogP contribution in [0.1, 0.15) is 32.1 Å². The van der Waals surface area contributed by atoms with Crippen molar-refractivity contribution in [2.75, 3.05) is 0 Å². The Morgan fingerprint density at radius 1 is 1.09 bits per heavy atom. The third-order valence-corrected chi connectivity index (χ3v) is 1.94. The molecular weight excluding hydrogens is 228 g/mol. The molecule has 0 aromatic heterocycles. The minimum atomic E-state index is 0. The maximum Gasteiger partial charge on any atom is 1.00 e. The molecule has 1 fully saturated rings. The third kappa shape index (κ3) is 4.33. The molecule has 0 saturated heterocycles. The first kappa shape index (κ1) is 10.9. The molecule has 1 aliphatic rings. The predicted molar refractivity (Wildman–Crippen MR) is 41.5 cm³/mol. The van der Waals surface area contributed by atoms with Crippen LogP contribution >= 0.6 is 0 Å². The SMILES string of the molecule is [Ag+].[C-]#CC#CC1CCCCC1. The van der Waals surface area contributed by atoms with Crippen molar-refractivity contribution in [3.8, 4) is 17.8 Å². The van der Waals surface area contributed by atoms with Crippen LogP contribution in [0.4, 0.5) is 0 Å². The number of hydrogen-bond acceptors (Lipinski definition) is 0. The van der Waals surface area contributed by atoms with Gasteiger partial charge in [-0.3, -0.25) is 11.8 Å². The van der Waals surface area contributed by atoms with Gasteiger partial charge in [0, 0.05) is 5.92 Å². The molecule has 0 N–H and O–H groups in total. The van der Waals surface area contributed by atoms with E-state index in [9.17, 15) is 0 Å². The van der Waals surface area contributed by atoms with Crippen molar-refractivity contribution in [2.45, 2.75) is 32.1 Å². The van der Waals surface area contributed by atoms with Gasteiger partial charge in [-0.15, -0.1) is 0 Å². The van der Waals surface area contributed by atoms with Crippen molar-refractivity contribution in [1.29, 1.82) is 0 Å². The van der Waals surface area contributed by atoms with Crippen LogP contribution in [-0.4, -0.2) is 0 Å². The van der Waals surface area contributed by atoms with Gasteiger partial charge >= 0.3 is 22.4 Å². The minimum Gasteiger partial charge on any atom is -0.358 e. The fraction of sp³-hybridized carbons (Fsp3) is 0.600. The van der Waals surface area contributed by atoms with Crippen LogP contribution in [-0.2, 0) is 22.4 Å². The minimum absolute atomic E-state index is 0. The van der Waals surface area contributed by atoms with E-state index in [4.69, 9.17) is 6.42 Å². The maximum atomic E-state index is 6.60. The van der Waals surface area contributed by atoms with E-state index in [2.05, 4.69) is 17.8 Å². The average Bonchev–Trinajstić information content (AvgIpc) is 2.03. The van der Waals surface area contributed by atoms with E-state index in [1.165, 1.54) is 32.1 Å². The zero-order chi connectivity index (χ0) is 7.23. The quantitative estimate of drug-likeness (QED) is 0.345. The summed E-state index contributed by atoms with van der Waals surface area (Å²) in [6.45, 7) is 0. The molecule has 0 aliphatic heterocycles. The van der Waals surface area contributed by atoms with Gasteiger partial charge in [0.25, 0.3) is 0 Å². The van der Waals surface area contributed by atoms with Gasteiger partial charge < -0.3 is 6.42 Å². The second-order valence-electron chi connectivity index (χ2n) is 2.73. The Balaban J connectivity index is 0.000001000. The number of hydrogen-bond donors (Lipinski definition) is 0. The van der Waals surface area contributed by atoms with Crippen LogP contribution in [0.25, 0.3) is 0 Å². The standard InChI is InChI=1S/C10H11.Ag/c1-2-3-7-10-8-5-4-6-9-10;/h10H,4-6,8-9H2;/q-1;+1. The van der Waals surface area contributed by atoms with E-state index in [1.54, 1.807) is 0 Å². The molecule has 0 aromatic rings. The summed E-state index contributed by atoms with van der Waals surface area (Å²) in [4.78, 5) is 0. The Bertz CT molecular complexity index is 183. The van der Waals surface area contributed by atoms with E-state index in [1.807, 2.05) is 0 Å². The van der Waals surface area contributed by atoms with Gasteiger partial charge in [0.05, 0.1) is 0 Å². The average molecular weight is 239 g/mol. The van der Waals surface area contributed by atoms with Gasteiger partial charge in [-0.2, -0.15) is 0 Å². The largest absolute Gasteiger partial charge is 1.00 e. The van der Waals surface area contributed by atoms with Crippen LogP contribution in [0.15, 0.2) is 0 Å². The Morgan fingerprint density at radius 2 is 1.73 bits per heavy atom. The molecule has 1 aliphatic carbocycles. The second kappa shape index (κ2) is 6.56. The molecule has 1 saturated carbocycles. The first-order valence-electron chi connectivity index (χ1n) is 3.86. The molecule has 0 radical (unpaired) electrons. The van der Waals surface area contributed by atoms with Crippen LogP contribution in [0.5, 0.6) is 0 Å². The van der Waals surface area contributed by atoms with Gasteiger partial charge in [0.1, 0.15) is 0 Å². The van der Waals surface area contributed by atoms with Gasteiger partial charge in [-0.1, -0.05) is 19.3 Å². The van der Waals surface area contributed by atoms with Gasteiger partial charge in [0.2, 0.25) is 0 Å². The van der Waals surface area contributed by atoms with Crippen LogP contribution in [0.3, 0.4) is 0 Å². The molecule has 0 unspecified atom stereocenters. The molecule has 0 atom stereocenters. The van der Waals surface area contributed by atoms with Crippen molar-refractivity contribution < 1.29 is 22.4 Å². The van der Waals surface area contributed by atoms with Gasteiger partial charge in [-0.05, 0) is 12.8 Å². The van der Waals surface area contributed by atoms with E-state index < -0.39 is 0 Å². The summed E-state index contributed by atoms with van der Waals surface area (Å²) in [7, 11) is 0. The first-order chi connectivity index (χ1) is 4.93. The molecule has 0 nitrogen and oxygen atoms in total. The first-order valence-corrected chi connectivity index (χ1v) is 3.86. The Hall–Kier alpha value is -0.140. The monoisotopic (exact) mass is 238 g/mol. The normalized spacial score (nSPS) is 17.0.